The lowest BCUT2D eigenvalue weighted by Gasteiger charge is -2.40. The van der Waals surface area contributed by atoms with Crippen LogP contribution in [0.3, 0.4) is 0 Å². The van der Waals surface area contributed by atoms with Crippen molar-refractivity contribution in [3.8, 4) is 0 Å². The molecule has 2 fully saturated rings. The fourth-order valence-electron chi connectivity index (χ4n) is 2.71. The average Bonchev–Trinajstić information content (AvgIpc) is 2.63. The van der Waals surface area contributed by atoms with Crippen LogP contribution in [-0.4, -0.2) is 12.2 Å². The van der Waals surface area contributed by atoms with E-state index in [4.69, 9.17) is 4.74 Å². The van der Waals surface area contributed by atoms with Gasteiger partial charge in [0, 0.05) is 0 Å². The maximum Gasteiger partial charge on any atom is 0.0992 e. The SMILES string of the molecule is CC1CCCC(C)(C)C12CO2. The van der Waals surface area contributed by atoms with Crippen LogP contribution in [0.15, 0.2) is 0 Å². The molecular formula is C10H18O. The van der Waals surface area contributed by atoms with Gasteiger partial charge >= 0.3 is 0 Å². The molecule has 2 aliphatic rings. The third-order valence-corrected chi connectivity index (χ3v) is 3.84. The van der Waals surface area contributed by atoms with Crippen LogP contribution in [-0.2, 0) is 4.74 Å². The number of rotatable bonds is 0. The Morgan fingerprint density at radius 1 is 1.36 bits per heavy atom. The molecule has 1 saturated heterocycles. The van der Waals surface area contributed by atoms with Gasteiger partial charge in [0.05, 0.1) is 12.2 Å². The largest absolute Gasteiger partial charge is 0.369 e. The fourth-order valence-corrected chi connectivity index (χ4v) is 2.71. The first-order chi connectivity index (χ1) is 5.08. The van der Waals surface area contributed by atoms with Gasteiger partial charge in [-0.05, 0) is 24.2 Å². The van der Waals surface area contributed by atoms with Crippen LogP contribution in [0.2, 0.25) is 0 Å². The minimum Gasteiger partial charge on any atom is -0.369 e. The number of hydrogen-bond acceptors (Lipinski definition) is 1. The highest BCUT2D eigenvalue weighted by Crippen LogP contribution is 2.56. The third-order valence-electron chi connectivity index (χ3n) is 3.84. The number of hydrogen-bond donors (Lipinski definition) is 0. The van der Waals surface area contributed by atoms with Gasteiger partial charge in [0.2, 0.25) is 0 Å². The van der Waals surface area contributed by atoms with Gasteiger partial charge in [-0.15, -0.1) is 0 Å². The lowest BCUT2D eigenvalue weighted by Crippen LogP contribution is -2.42. The van der Waals surface area contributed by atoms with Crippen LogP contribution in [0.5, 0.6) is 0 Å². The Labute approximate surface area is 69.1 Å². The van der Waals surface area contributed by atoms with Crippen LogP contribution < -0.4 is 0 Å². The van der Waals surface area contributed by atoms with E-state index < -0.39 is 0 Å². The molecule has 64 valence electrons. The minimum absolute atomic E-state index is 0.283. The highest BCUT2D eigenvalue weighted by atomic mass is 16.6. The Morgan fingerprint density at radius 3 is 2.36 bits per heavy atom. The first kappa shape index (κ1) is 7.60. The van der Waals surface area contributed by atoms with Crippen molar-refractivity contribution in [2.75, 3.05) is 6.61 Å². The second-order valence-corrected chi connectivity index (χ2v) is 4.86. The van der Waals surface area contributed by atoms with E-state index in [2.05, 4.69) is 20.8 Å². The van der Waals surface area contributed by atoms with Gasteiger partial charge in [-0.3, -0.25) is 0 Å². The normalized spacial score (nSPS) is 47.7. The molecule has 11 heavy (non-hydrogen) atoms. The number of ether oxygens (including phenoxy) is 1. The summed E-state index contributed by atoms with van der Waals surface area (Å²) in [5.74, 6) is 0.784. The third kappa shape index (κ3) is 0.868. The van der Waals surface area contributed by atoms with Crippen LogP contribution in [0.1, 0.15) is 40.0 Å². The second-order valence-electron chi connectivity index (χ2n) is 4.86. The summed E-state index contributed by atoms with van der Waals surface area (Å²) in [6.45, 7) is 8.07. The molecule has 2 atom stereocenters. The summed E-state index contributed by atoms with van der Waals surface area (Å²) in [6, 6.07) is 0. The maximum atomic E-state index is 5.66. The van der Waals surface area contributed by atoms with Gasteiger partial charge in [-0.1, -0.05) is 27.2 Å². The van der Waals surface area contributed by atoms with Crippen molar-refractivity contribution in [1.29, 1.82) is 0 Å². The van der Waals surface area contributed by atoms with E-state index in [9.17, 15) is 0 Å². The first-order valence-corrected chi connectivity index (χ1v) is 4.72. The molecule has 0 N–H and O–H groups in total. The molecule has 2 unspecified atom stereocenters. The van der Waals surface area contributed by atoms with E-state index >= 15 is 0 Å². The van der Waals surface area contributed by atoms with Crippen molar-refractivity contribution < 1.29 is 4.74 Å². The Balaban J connectivity index is 2.22. The lowest BCUT2D eigenvalue weighted by molar-refractivity contribution is 0.0393. The molecule has 1 spiro atoms. The molecule has 0 bridgehead atoms. The van der Waals surface area contributed by atoms with Crippen molar-refractivity contribution in [3.05, 3.63) is 0 Å². The number of epoxide rings is 1. The zero-order valence-corrected chi connectivity index (χ0v) is 7.81. The van der Waals surface area contributed by atoms with Crippen molar-refractivity contribution >= 4 is 0 Å². The summed E-state index contributed by atoms with van der Waals surface area (Å²) >= 11 is 0. The topological polar surface area (TPSA) is 12.5 Å². The summed E-state index contributed by atoms with van der Waals surface area (Å²) in [7, 11) is 0. The van der Waals surface area contributed by atoms with Crippen molar-refractivity contribution in [2.24, 2.45) is 11.3 Å². The zero-order valence-electron chi connectivity index (χ0n) is 7.81. The summed E-state index contributed by atoms with van der Waals surface area (Å²) in [5.41, 5.74) is 0.718. The quantitative estimate of drug-likeness (QED) is 0.489. The van der Waals surface area contributed by atoms with Gasteiger partial charge in [-0.25, -0.2) is 0 Å². The van der Waals surface area contributed by atoms with Crippen LogP contribution in [0.4, 0.5) is 0 Å². The Bertz CT molecular complexity index is 168. The van der Waals surface area contributed by atoms with E-state index in [0.717, 1.165) is 12.5 Å². The first-order valence-electron chi connectivity index (χ1n) is 4.72. The minimum atomic E-state index is 0.283. The Kier molecular flexibility index (Phi) is 1.39. The van der Waals surface area contributed by atoms with Crippen molar-refractivity contribution in [3.63, 3.8) is 0 Å². The van der Waals surface area contributed by atoms with E-state index in [1.165, 1.54) is 19.3 Å². The smallest absolute Gasteiger partial charge is 0.0992 e. The predicted molar refractivity (Wildman–Crippen MR) is 45.5 cm³/mol. The molecule has 0 radical (unpaired) electrons. The Morgan fingerprint density at radius 2 is 2.00 bits per heavy atom. The van der Waals surface area contributed by atoms with Crippen LogP contribution >= 0.6 is 0 Å². The van der Waals surface area contributed by atoms with Gasteiger partial charge in [0.15, 0.2) is 0 Å². The van der Waals surface area contributed by atoms with E-state index in [-0.39, 0.29) is 5.60 Å². The highest BCUT2D eigenvalue weighted by molar-refractivity contribution is 5.09. The lowest BCUT2D eigenvalue weighted by atomic mass is 9.64. The molecule has 1 saturated carbocycles. The summed E-state index contributed by atoms with van der Waals surface area (Å²) in [4.78, 5) is 0. The van der Waals surface area contributed by atoms with Crippen LogP contribution in [0.25, 0.3) is 0 Å². The molecule has 0 aromatic heterocycles. The molecule has 1 nitrogen and oxygen atoms in total. The standard InChI is InChI=1S/C10H18O/c1-8-5-4-6-9(2,3)10(8)7-11-10/h8H,4-7H2,1-3H3. The molecule has 1 aliphatic carbocycles. The van der Waals surface area contributed by atoms with Gasteiger partial charge in [0.1, 0.15) is 0 Å². The average molecular weight is 154 g/mol. The molecule has 1 heteroatoms. The molecule has 0 aromatic carbocycles. The van der Waals surface area contributed by atoms with Gasteiger partial charge in [0.25, 0.3) is 0 Å². The molecule has 1 heterocycles. The summed E-state index contributed by atoms with van der Waals surface area (Å²) < 4.78 is 5.66. The zero-order chi connectivity index (χ0) is 8.11. The van der Waals surface area contributed by atoms with E-state index in [1.54, 1.807) is 0 Å². The molecular weight excluding hydrogens is 136 g/mol. The van der Waals surface area contributed by atoms with Gasteiger partial charge in [-0.2, -0.15) is 0 Å². The molecule has 2 rings (SSSR count). The summed E-state index contributed by atoms with van der Waals surface area (Å²) in [5, 5.41) is 0. The highest BCUT2D eigenvalue weighted by Gasteiger charge is 2.60. The van der Waals surface area contributed by atoms with E-state index in [0.29, 0.717) is 5.41 Å². The van der Waals surface area contributed by atoms with E-state index in [1.807, 2.05) is 0 Å². The monoisotopic (exact) mass is 154 g/mol. The van der Waals surface area contributed by atoms with Gasteiger partial charge < -0.3 is 4.74 Å². The fraction of sp³-hybridized carbons (Fsp3) is 1.00. The molecule has 0 aromatic rings. The molecule has 0 amide bonds. The predicted octanol–water partition coefficient (Wildman–Crippen LogP) is 2.60. The summed E-state index contributed by atoms with van der Waals surface area (Å²) in [6.07, 6.45) is 4.10. The maximum absolute atomic E-state index is 5.66. The van der Waals surface area contributed by atoms with Crippen molar-refractivity contribution in [2.45, 2.75) is 45.6 Å². The Hall–Kier alpha value is -0.0400. The van der Waals surface area contributed by atoms with Crippen LogP contribution in [0, 0.1) is 11.3 Å². The van der Waals surface area contributed by atoms with Crippen molar-refractivity contribution in [1.82, 2.24) is 0 Å². The second kappa shape index (κ2) is 2.01. The molecule has 1 aliphatic heterocycles.